The average Bonchev–Trinajstić information content (AvgIpc) is 3.40. The molecule has 0 radical (unpaired) electrons. The van der Waals surface area contributed by atoms with Gasteiger partial charge in [-0.15, -0.1) is 0 Å². The van der Waals surface area contributed by atoms with E-state index in [9.17, 15) is 0 Å². The third-order valence-electron chi connectivity index (χ3n) is 5.24. The van der Waals surface area contributed by atoms with Crippen LogP contribution in [0.3, 0.4) is 0 Å². The van der Waals surface area contributed by atoms with Crippen molar-refractivity contribution in [1.82, 2.24) is 29.9 Å². The molecule has 3 aromatic rings. The van der Waals surface area contributed by atoms with E-state index >= 15 is 0 Å². The van der Waals surface area contributed by atoms with Gasteiger partial charge < -0.3 is 4.74 Å². The summed E-state index contributed by atoms with van der Waals surface area (Å²) < 4.78 is 8.23. The van der Waals surface area contributed by atoms with E-state index in [2.05, 4.69) is 69.5 Å². The van der Waals surface area contributed by atoms with Gasteiger partial charge in [0.2, 0.25) is 0 Å². The molecule has 1 N–H and O–H groups in total. The highest BCUT2D eigenvalue weighted by atomic mass is 16.5. The van der Waals surface area contributed by atoms with E-state index in [1.165, 1.54) is 16.7 Å². The first-order valence-electron chi connectivity index (χ1n) is 9.92. The van der Waals surface area contributed by atoms with Crippen LogP contribution < -0.4 is 0 Å². The summed E-state index contributed by atoms with van der Waals surface area (Å²) >= 11 is 0. The van der Waals surface area contributed by atoms with E-state index in [-0.39, 0.29) is 12.1 Å². The number of aromatic amines is 1. The highest BCUT2D eigenvalue weighted by molar-refractivity contribution is 5.21. The van der Waals surface area contributed by atoms with E-state index in [4.69, 9.17) is 4.74 Å². The molecule has 7 nitrogen and oxygen atoms in total. The number of rotatable bonds is 7. The Bertz CT molecular complexity index is 917. The lowest BCUT2D eigenvalue weighted by Gasteiger charge is -2.21. The Kier molecular flexibility index (Phi) is 5.54. The number of hydrogen-bond acceptors (Lipinski definition) is 5. The van der Waals surface area contributed by atoms with Gasteiger partial charge in [-0.3, -0.25) is 14.7 Å². The molecule has 0 saturated carbocycles. The fraction of sp³-hybridized carbons (Fsp3) is 0.476. The van der Waals surface area contributed by atoms with Crippen LogP contribution in [-0.4, -0.2) is 42.5 Å². The summed E-state index contributed by atoms with van der Waals surface area (Å²) in [5.74, 6) is 1.69. The van der Waals surface area contributed by atoms with Crippen molar-refractivity contribution in [2.24, 2.45) is 0 Å². The molecular weight excluding hydrogens is 352 g/mol. The molecule has 2 aromatic heterocycles. The van der Waals surface area contributed by atoms with Crippen LogP contribution in [0, 0.1) is 13.8 Å². The zero-order valence-electron chi connectivity index (χ0n) is 16.8. The van der Waals surface area contributed by atoms with E-state index < -0.39 is 0 Å². The lowest BCUT2D eigenvalue weighted by atomic mass is 10.1. The minimum atomic E-state index is 0.150. The van der Waals surface area contributed by atoms with Gasteiger partial charge in [0.05, 0.1) is 24.9 Å². The second-order valence-electron chi connectivity index (χ2n) is 7.59. The van der Waals surface area contributed by atoms with Gasteiger partial charge in [-0.1, -0.05) is 29.8 Å². The molecule has 4 rings (SSSR count). The molecule has 1 aliphatic rings. The first-order chi connectivity index (χ1) is 13.6. The zero-order valence-corrected chi connectivity index (χ0v) is 16.8. The Hall–Kier alpha value is -2.51. The molecule has 3 heterocycles. The van der Waals surface area contributed by atoms with E-state index in [0.717, 1.165) is 37.7 Å². The Morgan fingerprint density at radius 2 is 2.14 bits per heavy atom. The molecule has 0 aliphatic carbocycles. The van der Waals surface area contributed by atoms with Gasteiger partial charge >= 0.3 is 0 Å². The van der Waals surface area contributed by atoms with Crippen LogP contribution >= 0.6 is 0 Å². The van der Waals surface area contributed by atoms with Gasteiger partial charge in [0.1, 0.15) is 5.82 Å². The Morgan fingerprint density at radius 3 is 2.86 bits per heavy atom. The molecule has 2 atom stereocenters. The van der Waals surface area contributed by atoms with Crippen LogP contribution in [0.1, 0.15) is 47.7 Å². The minimum Gasteiger partial charge on any atom is -0.372 e. The maximum absolute atomic E-state index is 6.27. The first-order valence-corrected chi connectivity index (χ1v) is 9.92. The fourth-order valence-electron chi connectivity index (χ4n) is 3.85. The van der Waals surface area contributed by atoms with Gasteiger partial charge in [-0.05, 0) is 32.8 Å². The number of hydrogen-bond donors (Lipinski definition) is 1. The topological polar surface area (TPSA) is 71.9 Å². The van der Waals surface area contributed by atoms with Crippen molar-refractivity contribution in [1.29, 1.82) is 0 Å². The second-order valence-corrected chi connectivity index (χ2v) is 7.59. The van der Waals surface area contributed by atoms with Crippen LogP contribution in [-0.2, 0) is 24.4 Å². The van der Waals surface area contributed by atoms with Crippen molar-refractivity contribution in [2.45, 2.75) is 59.0 Å². The quantitative estimate of drug-likeness (QED) is 0.682. The summed E-state index contributed by atoms with van der Waals surface area (Å²) in [6.45, 7) is 9.34. The fourth-order valence-corrected chi connectivity index (χ4v) is 3.85. The highest BCUT2D eigenvalue weighted by Gasteiger charge is 2.36. The van der Waals surface area contributed by atoms with E-state index in [0.29, 0.717) is 6.61 Å². The summed E-state index contributed by atoms with van der Waals surface area (Å²) in [4.78, 5) is 6.99. The monoisotopic (exact) mass is 380 g/mol. The molecule has 28 heavy (non-hydrogen) atoms. The molecule has 7 heteroatoms. The van der Waals surface area contributed by atoms with Crippen molar-refractivity contribution in [2.75, 3.05) is 6.54 Å². The molecule has 0 unspecified atom stereocenters. The molecule has 1 saturated heterocycles. The highest BCUT2D eigenvalue weighted by Crippen LogP contribution is 2.33. The van der Waals surface area contributed by atoms with Crippen LogP contribution in [0.2, 0.25) is 0 Å². The number of ether oxygens (including phenoxy) is 1. The number of H-pyrrole nitrogens is 1. The smallest absolute Gasteiger partial charge is 0.167 e. The Labute approximate surface area is 165 Å². The normalized spacial score (nSPS) is 20.1. The lowest BCUT2D eigenvalue weighted by Crippen LogP contribution is -2.25. The molecule has 1 aliphatic heterocycles. The third-order valence-corrected chi connectivity index (χ3v) is 5.24. The lowest BCUT2D eigenvalue weighted by molar-refractivity contribution is 0.0461. The maximum atomic E-state index is 6.27. The molecule has 0 spiro atoms. The van der Waals surface area contributed by atoms with Gasteiger partial charge in [0.15, 0.2) is 5.82 Å². The van der Waals surface area contributed by atoms with Crippen molar-refractivity contribution < 1.29 is 4.74 Å². The Balaban J connectivity index is 1.46. The molecule has 148 valence electrons. The number of aromatic nitrogens is 5. The van der Waals surface area contributed by atoms with Gasteiger partial charge in [-0.25, -0.2) is 4.98 Å². The predicted molar refractivity (Wildman–Crippen MR) is 107 cm³/mol. The SMILES string of the molecule is CCn1cc(CN2C[C@@H](OCc3cccc(C)c3)C[C@H]2c2n[nH]c(C)n2)cn1. The number of likely N-dealkylation sites (tertiary alicyclic amines) is 1. The minimum absolute atomic E-state index is 0.150. The molecule has 0 bridgehead atoms. The van der Waals surface area contributed by atoms with Crippen molar-refractivity contribution >= 4 is 0 Å². The third kappa shape index (κ3) is 4.31. The second kappa shape index (κ2) is 8.24. The first kappa shape index (κ1) is 18.8. The van der Waals surface area contributed by atoms with E-state index in [1.807, 2.05) is 17.8 Å². The summed E-state index contributed by atoms with van der Waals surface area (Å²) in [6, 6.07) is 8.65. The molecular formula is C21H28N6O. The van der Waals surface area contributed by atoms with E-state index in [1.54, 1.807) is 0 Å². The summed E-state index contributed by atoms with van der Waals surface area (Å²) in [7, 11) is 0. The summed E-state index contributed by atoms with van der Waals surface area (Å²) in [6.07, 6.45) is 5.11. The van der Waals surface area contributed by atoms with Gasteiger partial charge in [-0.2, -0.15) is 10.2 Å². The standard InChI is InChI=1S/C21H28N6O/c1-4-27-12-18(10-22-27)11-26-13-19(9-20(26)21-23-16(3)24-25-21)28-14-17-7-5-6-15(2)8-17/h5-8,10,12,19-20H,4,9,11,13-14H2,1-3H3,(H,23,24,25)/t19-,20-/m0/s1. The maximum Gasteiger partial charge on any atom is 0.167 e. The Morgan fingerprint density at radius 1 is 1.25 bits per heavy atom. The number of nitrogens with one attached hydrogen (secondary N) is 1. The van der Waals surface area contributed by atoms with Crippen molar-refractivity contribution in [3.63, 3.8) is 0 Å². The van der Waals surface area contributed by atoms with Crippen LogP contribution in [0.15, 0.2) is 36.7 Å². The molecule has 1 fully saturated rings. The van der Waals surface area contributed by atoms with Crippen molar-refractivity contribution in [3.05, 3.63) is 65.0 Å². The summed E-state index contributed by atoms with van der Waals surface area (Å²) in [5, 5.41) is 11.8. The molecule has 1 aromatic carbocycles. The molecule has 0 amide bonds. The van der Waals surface area contributed by atoms with Crippen LogP contribution in [0.4, 0.5) is 0 Å². The van der Waals surface area contributed by atoms with Gasteiger partial charge in [0, 0.05) is 31.4 Å². The zero-order chi connectivity index (χ0) is 19.5. The van der Waals surface area contributed by atoms with Gasteiger partial charge in [0.25, 0.3) is 0 Å². The predicted octanol–water partition coefficient (Wildman–Crippen LogP) is 3.17. The van der Waals surface area contributed by atoms with Crippen LogP contribution in [0.25, 0.3) is 0 Å². The summed E-state index contributed by atoms with van der Waals surface area (Å²) in [5.41, 5.74) is 3.68. The van der Waals surface area contributed by atoms with Crippen molar-refractivity contribution in [3.8, 4) is 0 Å². The number of aryl methyl sites for hydroxylation is 3. The van der Waals surface area contributed by atoms with Crippen LogP contribution in [0.5, 0.6) is 0 Å². The number of benzene rings is 1. The largest absolute Gasteiger partial charge is 0.372 e. The average molecular weight is 380 g/mol. The number of nitrogens with zero attached hydrogens (tertiary/aromatic N) is 5.